The fourth-order valence-electron chi connectivity index (χ4n) is 2.14. The van der Waals surface area contributed by atoms with Crippen molar-refractivity contribution in [3.05, 3.63) is 63.6 Å². The Morgan fingerprint density at radius 1 is 1.19 bits per heavy atom. The van der Waals surface area contributed by atoms with Crippen LogP contribution >= 0.6 is 27.5 Å². The van der Waals surface area contributed by atoms with Gasteiger partial charge in [0.1, 0.15) is 12.4 Å². The van der Waals surface area contributed by atoms with Crippen LogP contribution in [0.3, 0.4) is 0 Å². The van der Waals surface area contributed by atoms with E-state index in [1.807, 2.05) is 42.5 Å². The number of benzene rings is 2. The van der Waals surface area contributed by atoms with Crippen LogP contribution in [0.2, 0.25) is 5.02 Å². The van der Waals surface area contributed by atoms with Crippen LogP contribution in [0.25, 0.3) is 0 Å². The Balaban J connectivity index is 1.98. The maximum Gasteiger partial charge on any atom is 0.119 e. The van der Waals surface area contributed by atoms with E-state index in [-0.39, 0.29) is 6.04 Å². The molecule has 0 aliphatic carbocycles. The number of likely N-dealkylation sites (N-methyl/N-ethyl adjacent to an activating group) is 1. The van der Waals surface area contributed by atoms with E-state index in [9.17, 15) is 0 Å². The number of hydrogen-bond donors (Lipinski definition) is 1. The van der Waals surface area contributed by atoms with Crippen molar-refractivity contribution in [1.82, 2.24) is 5.32 Å². The van der Waals surface area contributed by atoms with Crippen molar-refractivity contribution >= 4 is 27.5 Å². The van der Waals surface area contributed by atoms with Gasteiger partial charge in [0.25, 0.3) is 0 Å². The molecule has 0 radical (unpaired) electrons. The van der Waals surface area contributed by atoms with E-state index in [1.165, 1.54) is 0 Å². The van der Waals surface area contributed by atoms with Crippen LogP contribution in [0.15, 0.2) is 53.0 Å². The van der Waals surface area contributed by atoms with Crippen molar-refractivity contribution in [2.24, 2.45) is 0 Å². The molecule has 0 aliphatic rings. The second kappa shape index (κ2) is 8.42. The third-order valence-electron chi connectivity index (χ3n) is 3.17. The number of nitrogens with one attached hydrogen (secondary N) is 1. The average Bonchev–Trinajstić information content (AvgIpc) is 2.49. The molecule has 0 saturated carbocycles. The number of ether oxygens (including phenoxy) is 1. The van der Waals surface area contributed by atoms with Gasteiger partial charge in [0, 0.05) is 15.5 Å². The molecule has 0 aromatic heterocycles. The van der Waals surface area contributed by atoms with Crippen LogP contribution in [0, 0.1) is 0 Å². The van der Waals surface area contributed by atoms with Crippen LogP contribution in [-0.2, 0) is 6.42 Å². The van der Waals surface area contributed by atoms with Crippen LogP contribution in [0.5, 0.6) is 5.75 Å². The van der Waals surface area contributed by atoms with Gasteiger partial charge >= 0.3 is 0 Å². The Hall–Kier alpha value is -1.03. The van der Waals surface area contributed by atoms with E-state index in [2.05, 4.69) is 34.2 Å². The summed E-state index contributed by atoms with van der Waals surface area (Å²) in [4.78, 5) is 0. The monoisotopic (exact) mass is 367 g/mol. The summed E-state index contributed by atoms with van der Waals surface area (Å²) in [6.07, 6.45) is 0.840. The highest BCUT2D eigenvalue weighted by Gasteiger charge is 2.12. The lowest BCUT2D eigenvalue weighted by atomic mass is 10.1. The molecule has 1 unspecified atom stereocenters. The summed E-state index contributed by atoms with van der Waals surface area (Å²) in [5.41, 5.74) is 1.13. The predicted octanol–water partition coefficient (Wildman–Crippen LogP) is 4.70. The first-order valence-electron chi connectivity index (χ1n) is 7.04. The van der Waals surface area contributed by atoms with Crippen LogP contribution in [0.1, 0.15) is 12.5 Å². The van der Waals surface area contributed by atoms with Crippen molar-refractivity contribution in [3.63, 3.8) is 0 Å². The molecule has 4 heteroatoms. The lowest BCUT2D eigenvalue weighted by molar-refractivity contribution is 0.265. The normalized spacial score (nSPS) is 12.1. The molecule has 2 aromatic rings. The van der Waals surface area contributed by atoms with Crippen molar-refractivity contribution in [1.29, 1.82) is 0 Å². The molecular formula is C17H19BrClNO. The lowest BCUT2D eigenvalue weighted by Gasteiger charge is -2.19. The van der Waals surface area contributed by atoms with Crippen molar-refractivity contribution in [2.75, 3.05) is 13.2 Å². The molecule has 2 rings (SSSR count). The van der Waals surface area contributed by atoms with Gasteiger partial charge < -0.3 is 10.1 Å². The summed E-state index contributed by atoms with van der Waals surface area (Å²) in [6, 6.07) is 16.1. The first kappa shape index (κ1) is 16.3. The van der Waals surface area contributed by atoms with E-state index in [0.717, 1.165) is 33.8 Å². The Kier molecular flexibility index (Phi) is 6.55. The molecule has 21 heavy (non-hydrogen) atoms. The van der Waals surface area contributed by atoms with Crippen LogP contribution in [-0.4, -0.2) is 19.2 Å². The van der Waals surface area contributed by atoms with E-state index >= 15 is 0 Å². The Morgan fingerprint density at radius 2 is 1.95 bits per heavy atom. The van der Waals surface area contributed by atoms with Gasteiger partial charge in [-0.05, 0) is 42.8 Å². The lowest BCUT2D eigenvalue weighted by Crippen LogP contribution is -2.36. The van der Waals surface area contributed by atoms with Gasteiger partial charge in [0.2, 0.25) is 0 Å². The molecule has 2 aromatic carbocycles. The third-order valence-corrected chi connectivity index (χ3v) is 4.01. The second-order valence-corrected chi connectivity index (χ2v) is 6.14. The van der Waals surface area contributed by atoms with Gasteiger partial charge in [-0.2, -0.15) is 0 Å². The molecule has 1 atom stereocenters. The SMILES string of the molecule is CCNC(COc1ccccc1)Cc1ccc(Br)cc1Cl. The van der Waals surface area contributed by atoms with E-state index in [4.69, 9.17) is 16.3 Å². The fourth-order valence-corrected chi connectivity index (χ4v) is 2.90. The summed E-state index contributed by atoms with van der Waals surface area (Å²) in [5.74, 6) is 0.891. The summed E-state index contributed by atoms with van der Waals surface area (Å²) in [7, 11) is 0. The van der Waals surface area contributed by atoms with E-state index < -0.39 is 0 Å². The molecule has 0 amide bonds. The predicted molar refractivity (Wildman–Crippen MR) is 92.3 cm³/mol. The summed E-state index contributed by atoms with van der Waals surface area (Å²) in [6.45, 7) is 3.61. The first-order valence-corrected chi connectivity index (χ1v) is 8.21. The number of rotatable bonds is 7. The number of halogens is 2. The van der Waals surface area contributed by atoms with E-state index in [0.29, 0.717) is 6.61 Å². The molecule has 0 fully saturated rings. The highest BCUT2D eigenvalue weighted by molar-refractivity contribution is 9.10. The van der Waals surface area contributed by atoms with Crippen LogP contribution < -0.4 is 10.1 Å². The quantitative estimate of drug-likeness (QED) is 0.764. The highest BCUT2D eigenvalue weighted by Crippen LogP contribution is 2.22. The Labute approximate surface area is 139 Å². The zero-order valence-electron chi connectivity index (χ0n) is 12.0. The Bertz CT molecular complexity index is 562. The highest BCUT2D eigenvalue weighted by atomic mass is 79.9. The Morgan fingerprint density at radius 3 is 2.62 bits per heavy atom. The minimum Gasteiger partial charge on any atom is -0.492 e. The van der Waals surface area contributed by atoms with Gasteiger partial charge in [-0.3, -0.25) is 0 Å². The fraction of sp³-hybridized carbons (Fsp3) is 0.294. The molecule has 112 valence electrons. The number of hydrogen-bond acceptors (Lipinski definition) is 2. The largest absolute Gasteiger partial charge is 0.492 e. The van der Waals surface area contributed by atoms with Gasteiger partial charge in [0.05, 0.1) is 0 Å². The van der Waals surface area contributed by atoms with Gasteiger partial charge in [0.15, 0.2) is 0 Å². The van der Waals surface area contributed by atoms with Gasteiger partial charge in [-0.15, -0.1) is 0 Å². The minimum atomic E-state index is 0.230. The molecule has 0 saturated heterocycles. The van der Waals surface area contributed by atoms with Crippen LogP contribution in [0.4, 0.5) is 0 Å². The maximum atomic E-state index is 6.29. The minimum absolute atomic E-state index is 0.230. The molecular weight excluding hydrogens is 350 g/mol. The maximum absolute atomic E-state index is 6.29. The van der Waals surface area contributed by atoms with Crippen molar-refractivity contribution < 1.29 is 4.74 Å². The van der Waals surface area contributed by atoms with Crippen molar-refractivity contribution in [2.45, 2.75) is 19.4 Å². The van der Waals surface area contributed by atoms with E-state index in [1.54, 1.807) is 0 Å². The average molecular weight is 369 g/mol. The zero-order valence-corrected chi connectivity index (χ0v) is 14.3. The second-order valence-electron chi connectivity index (χ2n) is 4.82. The number of para-hydroxylation sites is 1. The summed E-state index contributed by atoms with van der Waals surface area (Å²) >= 11 is 9.72. The summed E-state index contributed by atoms with van der Waals surface area (Å²) in [5, 5.41) is 4.23. The third kappa shape index (κ3) is 5.34. The molecule has 0 heterocycles. The molecule has 2 nitrogen and oxygen atoms in total. The van der Waals surface area contributed by atoms with Gasteiger partial charge in [-0.1, -0.05) is 58.7 Å². The molecule has 0 aliphatic heterocycles. The molecule has 1 N–H and O–H groups in total. The molecule has 0 bridgehead atoms. The van der Waals surface area contributed by atoms with Crippen molar-refractivity contribution in [3.8, 4) is 5.75 Å². The molecule has 0 spiro atoms. The zero-order chi connectivity index (χ0) is 15.1. The summed E-state index contributed by atoms with van der Waals surface area (Å²) < 4.78 is 6.84. The standard InChI is InChI=1S/C17H19BrClNO/c1-2-20-15(12-21-16-6-4-3-5-7-16)10-13-8-9-14(18)11-17(13)19/h3-9,11,15,20H,2,10,12H2,1H3. The topological polar surface area (TPSA) is 21.3 Å². The smallest absolute Gasteiger partial charge is 0.119 e. The first-order chi connectivity index (χ1) is 10.2. The van der Waals surface area contributed by atoms with Gasteiger partial charge in [-0.25, -0.2) is 0 Å².